The lowest BCUT2D eigenvalue weighted by Crippen LogP contribution is -2.32. The number of anilines is 1. The Balaban J connectivity index is 0.00000132. The van der Waals surface area contributed by atoms with Gasteiger partial charge in [-0.1, -0.05) is 18.2 Å². The van der Waals surface area contributed by atoms with Gasteiger partial charge in [0.1, 0.15) is 0 Å². The standard InChI is InChI=1S/C16H23N3OS.2ClH/c20-16(13-5-6-17-11-13)18-15-4-2-1-3-14(15)12-19-7-9-21-10-8-19;;/h1-4,13,17H,5-12H2,(H,18,20);2*1H. The zero-order chi connectivity index (χ0) is 14.5. The molecular formula is C16H25Cl2N3OS. The molecular weight excluding hydrogens is 353 g/mol. The summed E-state index contributed by atoms with van der Waals surface area (Å²) < 4.78 is 0. The molecule has 0 bridgehead atoms. The minimum atomic E-state index is 0. The third-order valence-electron chi connectivity index (χ3n) is 4.20. The summed E-state index contributed by atoms with van der Waals surface area (Å²) in [7, 11) is 0. The summed E-state index contributed by atoms with van der Waals surface area (Å²) in [5.41, 5.74) is 2.20. The maximum Gasteiger partial charge on any atom is 0.228 e. The molecule has 0 spiro atoms. The van der Waals surface area contributed by atoms with Crippen LogP contribution in [0.3, 0.4) is 0 Å². The Morgan fingerprint density at radius 1 is 1.26 bits per heavy atom. The average molecular weight is 378 g/mol. The average Bonchev–Trinajstić information content (AvgIpc) is 3.05. The van der Waals surface area contributed by atoms with Crippen molar-refractivity contribution >= 4 is 48.2 Å². The lowest BCUT2D eigenvalue weighted by Gasteiger charge is -2.27. The number of rotatable bonds is 4. The molecule has 0 aromatic heterocycles. The fourth-order valence-electron chi connectivity index (χ4n) is 2.89. The number of halogens is 2. The van der Waals surface area contributed by atoms with E-state index in [0.29, 0.717) is 0 Å². The zero-order valence-electron chi connectivity index (χ0n) is 13.1. The molecule has 1 amide bonds. The summed E-state index contributed by atoms with van der Waals surface area (Å²) in [6, 6.07) is 8.21. The van der Waals surface area contributed by atoms with Crippen LogP contribution < -0.4 is 10.6 Å². The van der Waals surface area contributed by atoms with Gasteiger partial charge in [0.05, 0.1) is 5.92 Å². The highest BCUT2D eigenvalue weighted by molar-refractivity contribution is 7.99. The minimum absolute atomic E-state index is 0. The van der Waals surface area contributed by atoms with Crippen LogP contribution in [0.5, 0.6) is 0 Å². The maximum absolute atomic E-state index is 12.3. The molecule has 130 valence electrons. The predicted octanol–water partition coefficient (Wildman–Crippen LogP) is 2.63. The number of benzene rings is 1. The van der Waals surface area contributed by atoms with Gasteiger partial charge in [0, 0.05) is 43.4 Å². The normalized spacial score (nSPS) is 21.1. The van der Waals surface area contributed by atoms with Crippen LogP contribution in [0.2, 0.25) is 0 Å². The Morgan fingerprint density at radius 3 is 2.70 bits per heavy atom. The van der Waals surface area contributed by atoms with Gasteiger partial charge in [0.15, 0.2) is 0 Å². The van der Waals surface area contributed by atoms with E-state index in [1.165, 1.54) is 17.1 Å². The minimum Gasteiger partial charge on any atom is -0.326 e. The van der Waals surface area contributed by atoms with Crippen molar-refractivity contribution in [3.05, 3.63) is 29.8 Å². The first-order chi connectivity index (χ1) is 10.3. The van der Waals surface area contributed by atoms with Gasteiger partial charge in [-0.25, -0.2) is 0 Å². The monoisotopic (exact) mass is 377 g/mol. The molecule has 2 fully saturated rings. The predicted molar refractivity (Wildman–Crippen MR) is 103 cm³/mol. The number of carbonyl (C=O) groups excluding carboxylic acids is 1. The number of nitrogens with one attached hydrogen (secondary N) is 2. The van der Waals surface area contributed by atoms with Gasteiger partial charge in [-0.2, -0.15) is 11.8 Å². The Kier molecular flexibility index (Phi) is 9.32. The molecule has 2 saturated heterocycles. The van der Waals surface area contributed by atoms with E-state index in [-0.39, 0.29) is 36.6 Å². The molecule has 0 aliphatic carbocycles. The second kappa shape index (κ2) is 10.4. The number of carbonyl (C=O) groups is 1. The zero-order valence-corrected chi connectivity index (χ0v) is 15.6. The molecule has 2 aliphatic rings. The molecule has 1 aromatic carbocycles. The second-order valence-electron chi connectivity index (χ2n) is 5.72. The summed E-state index contributed by atoms with van der Waals surface area (Å²) >= 11 is 2.02. The van der Waals surface area contributed by atoms with E-state index in [1.807, 2.05) is 23.9 Å². The molecule has 0 radical (unpaired) electrons. The first kappa shape index (κ1) is 20.6. The second-order valence-corrected chi connectivity index (χ2v) is 6.95. The van der Waals surface area contributed by atoms with Gasteiger partial charge < -0.3 is 10.6 Å². The third-order valence-corrected chi connectivity index (χ3v) is 5.15. The fraction of sp³-hybridized carbons (Fsp3) is 0.562. The van der Waals surface area contributed by atoms with Crippen LogP contribution >= 0.6 is 36.6 Å². The highest BCUT2D eigenvalue weighted by Gasteiger charge is 2.23. The molecule has 4 nitrogen and oxygen atoms in total. The molecule has 23 heavy (non-hydrogen) atoms. The lowest BCUT2D eigenvalue weighted by molar-refractivity contribution is -0.119. The molecule has 2 heterocycles. The number of thioether (sulfide) groups is 1. The van der Waals surface area contributed by atoms with E-state index in [9.17, 15) is 4.79 Å². The fourth-order valence-corrected chi connectivity index (χ4v) is 3.87. The molecule has 1 aromatic rings. The number of para-hydroxylation sites is 1. The van der Waals surface area contributed by atoms with Crippen LogP contribution in [0.15, 0.2) is 24.3 Å². The number of nitrogens with zero attached hydrogens (tertiary/aromatic N) is 1. The highest BCUT2D eigenvalue weighted by atomic mass is 35.5. The van der Waals surface area contributed by atoms with E-state index in [1.54, 1.807) is 0 Å². The van der Waals surface area contributed by atoms with Gasteiger partial charge in [0.2, 0.25) is 5.91 Å². The number of hydrogen-bond acceptors (Lipinski definition) is 4. The summed E-state index contributed by atoms with van der Waals surface area (Å²) in [5.74, 6) is 2.69. The van der Waals surface area contributed by atoms with Gasteiger partial charge in [-0.15, -0.1) is 24.8 Å². The van der Waals surface area contributed by atoms with E-state index in [2.05, 4.69) is 27.7 Å². The highest BCUT2D eigenvalue weighted by Crippen LogP contribution is 2.21. The number of hydrogen-bond donors (Lipinski definition) is 2. The van der Waals surface area contributed by atoms with Crippen LogP contribution in [0.4, 0.5) is 5.69 Å². The van der Waals surface area contributed by atoms with Crippen molar-refractivity contribution in [1.29, 1.82) is 0 Å². The van der Waals surface area contributed by atoms with Crippen molar-refractivity contribution in [2.24, 2.45) is 5.92 Å². The molecule has 0 saturated carbocycles. The molecule has 1 unspecified atom stereocenters. The molecule has 3 rings (SSSR count). The van der Waals surface area contributed by atoms with Gasteiger partial charge in [-0.05, 0) is 24.6 Å². The van der Waals surface area contributed by atoms with E-state index in [0.717, 1.165) is 44.8 Å². The van der Waals surface area contributed by atoms with Gasteiger partial charge >= 0.3 is 0 Å². The molecule has 2 N–H and O–H groups in total. The maximum atomic E-state index is 12.3. The SMILES string of the molecule is Cl.Cl.O=C(Nc1ccccc1CN1CCSCC1)C1CCNC1. The Bertz CT molecular complexity index is 492. The topological polar surface area (TPSA) is 44.4 Å². The summed E-state index contributed by atoms with van der Waals surface area (Å²) in [4.78, 5) is 14.8. The Hall–Kier alpha value is -0.460. The van der Waals surface area contributed by atoms with Crippen LogP contribution in [-0.2, 0) is 11.3 Å². The largest absolute Gasteiger partial charge is 0.326 e. The summed E-state index contributed by atoms with van der Waals surface area (Å²) in [6.45, 7) is 4.96. The van der Waals surface area contributed by atoms with Crippen molar-refractivity contribution < 1.29 is 4.79 Å². The van der Waals surface area contributed by atoms with E-state index < -0.39 is 0 Å². The first-order valence-corrected chi connectivity index (χ1v) is 8.88. The van der Waals surface area contributed by atoms with Crippen LogP contribution in [0.25, 0.3) is 0 Å². The summed E-state index contributed by atoms with van der Waals surface area (Å²) in [5, 5.41) is 6.38. The quantitative estimate of drug-likeness (QED) is 0.846. The van der Waals surface area contributed by atoms with Crippen molar-refractivity contribution in [1.82, 2.24) is 10.2 Å². The van der Waals surface area contributed by atoms with Gasteiger partial charge in [0.25, 0.3) is 0 Å². The lowest BCUT2D eigenvalue weighted by atomic mass is 10.1. The molecule has 2 aliphatic heterocycles. The number of amides is 1. The van der Waals surface area contributed by atoms with Crippen molar-refractivity contribution in [2.45, 2.75) is 13.0 Å². The van der Waals surface area contributed by atoms with E-state index in [4.69, 9.17) is 0 Å². The van der Waals surface area contributed by atoms with Crippen molar-refractivity contribution in [2.75, 3.05) is 43.0 Å². The Morgan fingerprint density at radius 2 is 2.00 bits per heavy atom. The molecule has 7 heteroatoms. The first-order valence-electron chi connectivity index (χ1n) is 7.72. The van der Waals surface area contributed by atoms with Crippen molar-refractivity contribution in [3.63, 3.8) is 0 Å². The Labute approximate surface area is 155 Å². The summed E-state index contributed by atoms with van der Waals surface area (Å²) in [6.07, 6.45) is 0.942. The smallest absolute Gasteiger partial charge is 0.228 e. The van der Waals surface area contributed by atoms with E-state index >= 15 is 0 Å². The van der Waals surface area contributed by atoms with Gasteiger partial charge in [-0.3, -0.25) is 9.69 Å². The molecule has 1 atom stereocenters. The van der Waals surface area contributed by atoms with Crippen molar-refractivity contribution in [3.8, 4) is 0 Å². The van der Waals surface area contributed by atoms with Crippen LogP contribution in [0, 0.1) is 5.92 Å². The third kappa shape index (κ3) is 5.84. The van der Waals surface area contributed by atoms with Crippen LogP contribution in [0.1, 0.15) is 12.0 Å². The van der Waals surface area contributed by atoms with Crippen LogP contribution in [-0.4, -0.2) is 48.5 Å².